The van der Waals surface area contributed by atoms with Gasteiger partial charge in [-0.05, 0) is 30.7 Å². The highest BCUT2D eigenvalue weighted by atomic mass is 16.5. The smallest absolute Gasteiger partial charge is 0.260 e. The third-order valence-electron chi connectivity index (χ3n) is 2.89. The average Bonchev–Trinajstić information content (AvgIpc) is 2.49. The third kappa shape index (κ3) is 4.79. The van der Waals surface area contributed by atoms with E-state index in [-0.39, 0.29) is 18.3 Å². The Hall–Kier alpha value is -2.24. The quantitative estimate of drug-likeness (QED) is 0.342. The number of carbonyl (C=O) groups excluding carboxylic acids is 1. The largest absolute Gasteiger partial charge is 0.484 e. The maximum atomic E-state index is 11.8. The van der Waals surface area contributed by atoms with E-state index in [9.17, 15) is 4.79 Å². The number of rotatable bonds is 7. The summed E-state index contributed by atoms with van der Waals surface area (Å²) in [5.74, 6) is 0.544. The second kappa shape index (κ2) is 8.04. The summed E-state index contributed by atoms with van der Waals surface area (Å²) in [6.07, 6.45) is 2.03. The van der Waals surface area contributed by atoms with E-state index in [1.807, 2.05) is 0 Å². The number of oxime groups is 1. The van der Waals surface area contributed by atoms with Crippen LogP contribution in [0, 0.1) is 0 Å². The maximum Gasteiger partial charge on any atom is 0.260 e. The van der Waals surface area contributed by atoms with Gasteiger partial charge in [0.2, 0.25) is 0 Å². The molecule has 0 fully saturated rings. The van der Waals surface area contributed by atoms with Crippen LogP contribution in [0.5, 0.6) is 5.75 Å². The van der Waals surface area contributed by atoms with Crippen LogP contribution in [0.25, 0.3) is 0 Å². The van der Waals surface area contributed by atoms with Crippen molar-refractivity contribution >= 4 is 11.7 Å². The minimum Gasteiger partial charge on any atom is -0.484 e. The number of ether oxygens (including phenoxy) is 1. The van der Waals surface area contributed by atoms with Gasteiger partial charge in [-0.25, -0.2) is 0 Å². The molecule has 0 radical (unpaired) electrons. The summed E-state index contributed by atoms with van der Waals surface area (Å²) < 4.78 is 5.40. The van der Waals surface area contributed by atoms with Crippen LogP contribution in [-0.4, -0.2) is 42.0 Å². The lowest BCUT2D eigenvalue weighted by Gasteiger charge is -2.17. The molecule has 3 N–H and O–H groups in total. The fourth-order valence-corrected chi connectivity index (χ4v) is 1.55. The highest BCUT2D eigenvalue weighted by Gasteiger charge is 2.09. The lowest BCUT2D eigenvalue weighted by Crippen LogP contribution is -2.32. The van der Waals surface area contributed by atoms with Crippen LogP contribution in [-0.2, 0) is 4.79 Å². The molecule has 0 aliphatic heterocycles. The Bertz CT molecular complexity index is 457. The Labute approximate surface area is 118 Å². The first-order valence-electron chi connectivity index (χ1n) is 6.53. The fraction of sp³-hybridized carbons (Fsp3) is 0.429. The molecule has 0 spiro atoms. The summed E-state index contributed by atoms with van der Waals surface area (Å²) in [5, 5.41) is 11.5. The van der Waals surface area contributed by atoms with Crippen LogP contribution < -0.4 is 10.5 Å². The molecule has 1 rings (SSSR count). The average molecular weight is 279 g/mol. The molecule has 1 aromatic rings. The van der Waals surface area contributed by atoms with Gasteiger partial charge in [-0.1, -0.05) is 18.5 Å². The molecular formula is C14H21N3O3. The van der Waals surface area contributed by atoms with Crippen molar-refractivity contribution < 1.29 is 14.7 Å². The topological polar surface area (TPSA) is 88.2 Å². The number of carbonyl (C=O) groups is 1. The van der Waals surface area contributed by atoms with Gasteiger partial charge in [0, 0.05) is 19.2 Å². The summed E-state index contributed by atoms with van der Waals surface area (Å²) in [6, 6.07) is 6.67. The standard InChI is InChI=1S/C14H21N3O3/c1-3-4-9-17(2)13(18)10-20-12-7-5-11(6-8-12)14(15)16-19/h5-8,19H,3-4,9-10H2,1-2H3,(H2,15,16). The lowest BCUT2D eigenvalue weighted by atomic mass is 10.2. The molecule has 6 nitrogen and oxygen atoms in total. The van der Waals surface area contributed by atoms with Crippen molar-refractivity contribution in [2.24, 2.45) is 10.9 Å². The number of likely N-dealkylation sites (N-methyl/N-ethyl adjacent to an activating group) is 1. The van der Waals surface area contributed by atoms with Crippen LogP contribution >= 0.6 is 0 Å². The molecule has 0 aliphatic rings. The van der Waals surface area contributed by atoms with Crippen molar-refractivity contribution in [1.29, 1.82) is 0 Å². The molecule has 6 heteroatoms. The second-order valence-corrected chi connectivity index (χ2v) is 4.47. The first-order chi connectivity index (χ1) is 9.58. The molecule has 1 amide bonds. The number of nitrogens with zero attached hydrogens (tertiary/aromatic N) is 2. The molecule has 20 heavy (non-hydrogen) atoms. The minimum atomic E-state index is -0.0565. The van der Waals surface area contributed by atoms with Crippen molar-refractivity contribution in [1.82, 2.24) is 4.90 Å². The molecule has 0 bridgehead atoms. The predicted molar refractivity (Wildman–Crippen MR) is 77.0 cm³/mol. The molecule has 0 aliphatic carbocycles. The number of amidine groups is 1. The van der Waals surface area contributed by atoms with Crippen molar-refractivity contribution in [2.75, 3.05) is 20.2 Å². The Balaban J connectivity index is 2.47. The van der Waals surface area contributed by atoms with E-state index < -0.39 is 0 Å². The molecule has 0 heterocycles. The van der Waals surface area contributed by atoms with E-state index >= 15 is 0 Å². The van der Waals surface area contributed by atoms with Crippen LogP contribution in [0.4, 0.5) is 0 Å². The highest BCUT2D eigenvalue weighted by Crippen LogP contribution is 2.12. The van der Waals surface area contributed by atoms with Gasteiger partial charge < -0.3 is 20.6 Å². The van der Waals surface area contributed by atoms with Crippen molar-refractivity contribution in [2.45, 2.75) is 19.8 Å². The highest BCUT2D eigenvalue weighted by molar-refractivity contribution is 5.97. The van der Waals surface area contributed by atoms with E-state index in [2.05, 4.69) is 12.1 Å². The van der Waals surface area contributed by atoms with Gasteiger partial charge in [0.25, 0.3) is 5.91 Å². The van der Waals surface area contributed by atoms with Crippen molar-refractivity contribution in [3.63, 3.8) is 0 Å². The van der Waals surface area contributed by atoms with E-state index in [4.69, 9.17) is 15.7 Å². The molecule has 0 aromatic heterocycles. The fourth-order valence-electron chi connectivity index (χ4n) is 1.55. The summed E-state index contributed by atoms with van der Waals surface area (Å²) in [7, 11) is 1.77. The van der Waals surface area contributed by atoms with Gasteiger partial charge in [-0.3, -0.25) is 4.79 Å². The monoisotopic (exact) mass is 279 g/mol. The van der Waals surface area contributed by atoms with E-state index in [1.165, 1.54) is 0 Å². The number of unbranched alkanes of at least 4 members (excludes halogenated alkanes) is 1. The van der Waals surface area contributed by atoms with Crippen LogP contribution in [0.2, 0.25) is 0 Å². The number of amides is 1. The zero-order valence-corrected chi connectivity index (χ0v) is 11.9. The summed E-state index contributed by atoms with van der Waals surface area (Å²) in [6.45, 7) is 2.82. The van der Waals surface area contributed by atoms with E-state index in [1.54, 1.807) is 36.2 Å². The first-order valence-corrected chi connectivity index (χ1v) is 6.53. The molecule has 0 saturated carbocycles. The molecule has 0 saturated heterocycles. The number of hydrogen-bond acceptors (Lipinski definition) is 4. The summed E-state index contributed by atoms with van der Waals surface area (Å²) >= 11 is 0. The zero-order chi connectivity index (χ0) is 15.0. The molecule has 1 aromatic carbocycles. The van der Waals surface area contributed by atoms with Crippen molar-refractivity contribution in [3.8, 4) is 5.75 Å². The second-order valence-electron chi connectivity index (χ2n) is 4.47. The van der Waals surface area contributed by atoms with Gasteiger partial charge in [0.05, 0.1) is 0 Å². The number of hydrogen-bond donors (Lipinski definition) is 2. The Morgan fingerprint density at radius 3 is 2.60 bits per heavy atom. The Kier molecular flexibility index (Phi) is 6.36. The minimum absolute atomic E-state index is 0.00311. The zero-order valence-electron chi connectivity index (χ0n) is 11.9. The number of nitrogens with two attached hydrogens (primary N) is 1. The summed E-state index contributed by atoms with van der Waals surface area (Å²) in [4.78, 5) is 13.4. The van der Waals surface area contributed by atoms with Gasteiger partial charge in [-0.15, -0.1) is 0 Å². The van der Waals surface area contributed by atoms with Crippen LogP contribution in [0.15, 0.2) is 29.4 Å². The normalized spacial score (nSPS) is 11.2. The third-order valence-corrected chi connectivity index (χ3v) is 2.89. The van der Waals surface area contributed by atoms with Crippen LogP contribution in [0.3, 0.4) is 0 Å². The Morgan fingerprint density at radius 2 is 2.05 bits per heavy atom. The number of benzene rings is 1. The summed E-state index contributed by atoms with van der Waals surface area (Å²) in [5.41, 5.74) is 6.04. The van der Waals surface area contributed by atoms with Gasteiger partial charge in [-0.2, -0.15) is 0 Å². The van der Waals surface area contributed by atoms with Crippen molar-refractivity contribution in [3.05, 3.63) is 29.8 Å². The molecular weight excluding hydrogens is 258 g/mol. The SMILES string of the molecule is CCCCN(C)C(=O)COc1ccc(/C(N)=N/O)cc1. The predicted octanol–water partition coefficient (Wildman–Crippen LogP) is 1.42. The maximum absolute atomic E-state index is 11.8. The molecule has 0 atom stereocenters. The van der Waals surface area contributed by atoms with Gasteiger partial charge >= 0.3 is 0 Å². The van der Waals surface area contributed by atoms with E-state index in [0.29, 0.717) is 11.3 Å². The lowest BCUT2D eigenvalue weighted by molar-refractivity contribution is -0.132. The van der Waals surface area contributed by atoms with Crippen LogP contribution in [0.1, 0.15) is 25.3 Å². The van der Waals surface area contributed by atoms with E-state index in [0.717, 1.165) is 19.4 Å². The molecule has 0 unspecified atom stereocenters. The van der Waals surface area contributed by atoms with Gasteiger partial charge in [0.1, 0.15) is 5.75 Å². The first kappa shape index (κ1) is 15.8. The molecule has 110 valence electrons. The van der Waals surface area contributed by atoms with Gasteiger partial charge in [0.15, 0.2) is 12.4 Å². The Morgan fingerprint density at radius 1 is 1.40 bits per heavy atom.